The third kappa shape index (κ3) is 4.98. The molecule has 1 fully saturated rings. The van der Waals surface area contributed by atoms with Gasteiger partial charge in [0.1, 0.15) is 11.9 Å². The molecule has 0 atom stereocenters. The lowest BCUT2D eigenvalue weighted by Crippen LogP contribution is -2.36. The summed E-state index contributed by atoms with van der Waals surface area (Å²) < 4.78 is 8.35. The Morgan fingerprint density at radius 2 is 1.92 bits per heavy atom. The van der Waals surface area contributed by atoms with Crippen LogP contribution in [0.25, 0.3) is 27.8 Å². The Morgan fingerprint density at radius 3 is 2.58 bits per heavy atom. The van der Waals surface area contributed by atoms with Crippen molar-refractivity contribution in [2.45, 2.75) is 25.4 Å². The summed E-state index contributed by atoms with van der Waals surface area (Å²) >= 11 is 0. The Hall–Kier alpha value is -3.68. The van der Waals surface area contributed by atoms with Gasteiger partial charge < -0.3 is 10.0 Å². The first kappa shape index (κ1) is 24.0. The molecule has 1 aliphatic rings. The predicted octanol–water partition coefficient (Wildman–Crippen LogP) is 3.12. The summed E-state index contributed by atoms with van der Waals surface area (Å²) in [6.45, 7) is 2.30. The van der Waals surface area contributed by atoms with Crippen molar-refractivity contribution in [1.29, 1.82) is 5.26 Å². The molecule has 0 aromatic carbocycles. The van der Waals surface area contributed by atoms with Crippen LogP contribution in [0.4, 0.5) is 5.82 Å². The van der Waals surface area contributed by atoms with Gasteiger partial charge in [-0.25, -0.2) is 9.50 Å². The lowest BCUT2D eigenvalue weighted by molar-refractivity contribution is 0.269. The molecule has 4 aromatic heterocycles. The molecule has 0 amide bonds. The van der Waals surface area contributed by atoms with Gasteiger partial charge in [0.2, 0.25) is 0 Å². The van der Waals surface area contributed by atoms with Crippen LogP contribution in [-0.4, -0.2) is 73.6 Å². The van der Waals surface area contributed by atoms with Gasteiger partial charge in [-0.05, 0) is 43.6 Å². The van der Waals surface area contributed by atoms with Crippen LogP contribution in [0, 0.1) is 11.3 Å². The number of piperidine rings is 1. The molecule has 5 heterocycles. The number of rotatable bonds is 6. The van der Waals surface area contributed by atoms with Crippen LogP contribution in [0.2, 0.25) is 0 Å². The van der Waals surface area contributed by atoms with Crippen molar-refractivity contribution in [3.63, 3.8) is 0 Å². The zero-order valence-electron chi connectivity index (χ0n) is 20.6. The molecule has 1 aliphatic heterocycles. The van der Waals surface area contributed by atoms with Gasteiger partial charge in [0.15, 0.2) is 0 Å². The highest BCUT2D eigenvalue weighted by molar-refractivity contribution is 8.01. The predicted molar refractivity (Wildman–Crippen MR) is 145 cm³/mol. The zero-order valence-corrected chi connectivity index (χ0v) is 21.4. The molecular formula is C26H30N8OS. The molecule has 1 saturated heterocycles. The maximum Gasteiger partial charge on any atom is 0.128 e. The average Bonchev–Trinajstić information content (AvgIpc) is 3.50. The molecule has 0 unspecified atom stereocenters. The first-order chi connectivity index (χ1) is 17.3. The smallest absolute Gasteiger partial charge is 0.128 e. The summed E-state index contributed by atoms with van der Waals surface area (Å²) in [6.07, 6.45) is 15.3. The molecule has 0 radical (unpaired) electrons. The molecular weight excluding hydrogens is 472 g/mol. The van der Waals surface area contributed by atoms with Gasteiger partial charge in [-0.15, -0.1) is 9.41 Å². The molecule has 0 bridgehead atoms. The van der Waals surface area contributed by atoms with E-state index in [1.165, 1.54) is 0 Å². The summed E-state index contributed by atoms with van der Waals surface area (Å²) in [6, 6.07) is 8.79. The maximum atomic E-state index is 9.68. The van der Waals surface area contributed by atoms with E-state index in [1.54, 1.807) is 21.6 Å². The van der Waals surface area contributed by atoms with Crippen LogP contribution in [0.5, 0.6) is 0 Å². The molecule has 9 nitrogen and oxygen atoms in total. The van der Waals surface area contributed by atoms with Crippen molar-refractivity contribution in [2.75, 3.05) is 37.1 Å². The number of anilines is 1. The lowest BCUT2D eigenvalue weighted by atomic mass is 10.0. The van der Waals surface area contributed by atoms with E-state index >= 15 is 0 Å². The van der Waals surface area contributed by atoms with Crippen LogP contribution in [-0.2, 0) is 16.0 Å². The second kappa shape index (κ2) is 9.76. The van der Waals surface area contributed by atoms with E-state index in [0.717, 1.165) is 59.5 Å². The number of hydrogen-bond donors (Lipinski definition) is 1. The number of hydrogen-bond acceptors (Lipinski definition) is 7. The molecule has 4 aromatic rings. The van der Waals surface area contributed by atoms with Gasteiger partial charge >= 0.3 is 0 Å². The standard InChI is InChI=1S/C26H30N8OS/c1-36(2,3)31-23-6-8-32(9-7-23)25-5-4-19(14-28-25)24-12-20(22-16-29-33(17-22)10-11-35)18-34-26(24)21(13-27)15-30-34/h4-5,12,14-18,23,35H,1,6-11H2,2-3H3. The Balaban J connectivity index is 1.46. The molecule has 0 aliphatic carbocycles. The second-order valence-corrected chi connectivity index (χ2v) is 12.7. The molecule has 36 heavy (non-hydrogen) atoms. The fourth-order valence-corrected chi connectivity index (χ4v) is 5.67. The highest BCUT2D eigenvalue weighted by atomic mass is 32.2. The number of nitriles is 1. The fraction of sp³-hybridized carbons (Fsp3) is 0.346. The quantitative estimate of drug-likeness (QED) is 0.406. The van der Waals surface area contributed by atoms with Crippen LogP contribution in [0.15, 0.2) is 53.5 Å². The van der Waals surface area contributed by atoms with Crippen molar-refractivity contribution >= 4 is 26.6 Å². The van der Waals surface area contributed by atoms with Crippen LogP contribution in [0.3, 0.4) is 0 Å². The number of fused-ring (bicyclic) bond motifs is 1. The Labute approximate surface area is 211 Å². The highest BCUT2D eigenvalue weighted by Gasteiger charge is 2.20. The van der Waals surface area contributed by atoms with E-state index in [9.17, 15) is 10.4 Å². The van der Waals surface area contributed by atoms with Crippen LogP contribution < -0.4 is 4.90 Å². The van der Waals surface area contributed by atoms with Gasteiger partial charge in [-0.1, -0.05) is 5.87 Å². The monoisotopic (exact) mass is 502 g/mol. The first-order valence-electron chi connectivity index (χ1n) is 11.9. The molecule has 10 heteroatoms. The van der Waals surface area contributed by atoms with Gasteiger partial charge in [-0.3, -0.25) is 9.04 Å². The Morgan fingerprint density at radius 1 is 1.11 bits per heavy atom. The van der Waals surface area contributed by atoms with E-state index in [0.29, 0.717) is 18.2 Å². The number of aliphatic hydroxyl groups excluding tert-OH is 1. The van der Waals surface area contributed by atoms with Crippen molar-refractivity contribution in [1.82, 2.24) is 24.4 Å². The first-order valence-corrected chi connectivity index (χ1v) is 14.5. The van der Waals surface area contributed by atoms with Gasteiger partial charge in [-0.2, -0.15) is 15.5 Å². The van der Waals surface area contributed by atoms with Crippen molar-refractivity contribution in [3.05, 3.63) is 54.7 Å². The maximum absolute atomic E-state index is 9.68. The summed E-state index contributed by atoms with van der Waals surface area (Å²) in [4.78, 5) is 7.10. The minimum atomic E-state index is -1.09. The number of nitrogens with zero attached hydrogens (tertiary/aromatic N) is 8. The van der Waals surface area contributed by atoms with Crippen molar-refractivity contribution < 1.29 is 5.11 Å². The normalized spacial score (nSPS) is 14.8. The third-order valence-corrected chi connectivity index (χ3v) is 7.18. The van der Waals surface area contributed by atoms with Gasteiger partial charge in [0.05, 0.1) is 42.7 Å². The highest BCUT2D eigenvalue weighted by Crippen LogP contribution is 2.32. The SMILES string of the molecule is C=S(C)(C)=NC1CCN(c2ccc(-c3cc(-c4cnn(CCO)c4)cn4ncc(C#N)c34)cn2)CC1. The third-order valence-electron chi connectivity index (χ3n) is 6.31. The number of aromatic nitrogens is 5. The average molecular weight is 503 g/mol. The summed E-state index contributed by atoms with van der Waals surface area (Å²) in [5, 5.41) is 27.6. The van der Waals surface area contributed by atoms with Gasteiger partial charge in [0.25, 0.3) is 0 Å². The van der Waals surface area contributed by atoms with E-state index in [1.807, 2.05) is 30.7 Å². The minimum absolute atomic E-state index is 0.0232. The second-order valence-electron chi connectivity index (χ2n) is 9.53. The molecule has 0 saturated carbocycles. The summed E-state index contributed by atoms with van der Waals surface area (Å²) in [7, 11) is -1.09. The van der Waals surface area contributed by atoms with Crippen molar-refractivity contribution in [2.24, 2.45) is 4.36 Å². The zero-order chi connectivity index (χ0) is 25.3. The topological polar surface area (TPSA) is 108 Å². The fourth-order valence-electron chi connectivity index (χ4n) is 4.65. The van der Waals surface area contributed by atoms with Crippen LogP contribution in [0.1, 0.15) is 18.4 Å². The molecule has 186 valence electrons. The Bertz CT molecular complexity index is 1540. The molecule has 1 N–H and O–H groups in total. The lowest BCUT2D eigenvalue weighted by Gasteiger charge is -2.31. The van der Waals surface area contributed by atoms with E-state index in [4.69, 9.17) is 9.35 Å². The molecule has 0 spiro atoms. The molecule has 5 rings (SSSR count). The van der Waals surface area contributed by atoms with E-state index < -0.39 is 9.41 Å². The largest absolute Gasteiger partial charge is 0.394 e. The number of aliphatic hydroxyl groups is 1. The summed E-state index contributed by atoms with van der Waals surface area (Å²) in [5.74, 6) is 5.14. The van der Waals surface area contributed by atoms with Crippen molar-refractivity contribution in [3.8, 4) is 28.3 Å². The van der Waals surface area contributed by atoms with E-state index in [-0.39, 0.29) is 6.61 Å². The van der Waals surface area contributed by atoms with Gasteiger partial charge in [0, 0.05) is 53.9 Å². The Kier molecular flexibility index (Phi) is 6.51. The van der Waals surface area contributed by atoms with Crippen LogP contribution >= 0.6 is 0 Å². The minimum Gasteiger partial charge on any atom is -0.394 e. The number of pyridine rings is 2. The summed E-state index contributed by atoms with van der Waals surface area (Å²) in [5.41, 5.74) is 4.88. The van der Waals surface area contributed by atoms with E-state index in [2.05, 4.69) is 45.6 Å².